The highest BCUT2D eigenvalue weighted by atomic mass is 35.5. The molecule has 0 amide bonds. The van der Waals surface area contributed by atoms with E-state index in [1.54, 1.807) is 30.0 Å². The Labute approximate surface area is 140 Å². The lowest BCUT2D eigenvalue weighted by atomic mass is 10.3. The lowest BCUT2D eigenvalue weighted by Crippen LogP contribution is -2.23. The molecule has 0 saturated carbocycles. The summed E-state index contributed by atoms with van der Waals surface area (Å²) >= 11 is 13.4. The van der Waals surface area contributed by atoms with E-state index in [1.165, 1.54) is 0 Å². The van der Waals surface area contributed by atoms with E-state index < -0.39 is 0 Å². The van der Waals surface area contributed by atoms with Gasteiger partial charge in [-0.15, -0.1) is 0 Å². The zero-order chi connectivity index (χ0) is 15.7. The van der Waals surface area contributed by atoms with Gasteiger partial charge in [-0.25, -0.2) is 0 Å². The molecule has 21 heavy (non-hydrogen) atoms. The molecule has 0 aromatic heterocycles. The summed E-state index contributed by atoms with van der Waals surface area (Å²) in [5.41, 5.74) is 6.63. The Bertz CT molecular complexity index is 518. The summed E-state index contributed by atoms with van der Waals surface area (Å²) in [5, 5.41) is 4.64. The molecule has 0 fully saturated rings. The maximum atomic E-state index is 5.96. The summed E-state index contributed by atoms with van der Waals surface area (Å²) in [6.45, 7) is 4.80. The van der Waals surface area contributed by atoms with Crippen LogP contribution in [0.25, 0.3) is 0 Å². The van der Waals surface area contributed by atoms with Gasteiger partial charge in [-0.05, 0) is 31.5 Å². The third-order valence-electron chi connectivity index (χ3n) is 2.43. The fourth-order valence-corrected chi connectivity index (χ4v) is 2.71. The van der Waals surface area contributed by atoms with Crippen LogP contribution in [0.4, 0.5) is 5.69 Å². The number of anilines is 1. The van der Waals surface area contributed by atoms with Gasteiger partial charge in [-0.3, -0.25) is 4.99 Å². The van der Waals surface area contributed by atoms with Crippen LogP contribution in [0.3, 0.4) is 0 Å². The Morgan fingerprint density at radius 1 is 1.29 bits per heavy atom. The van der Waals surface area contributed by atoms with Gasteiger partial charge in [-0.1, -0.05) is 48.3 Å². The SMILES string of the molecule is CCCCSC(=NCC)/N=C(/N)Nc1ccc(Cl)c(Cl)c1. The number of hydrogen-bond acceptors (Lipinski definition) is 2. The first-order chi connectivity index (χ1) is 10.1. The summed E-state index contributed by atoms with van der Waals surface area (Å²) in [7, 11) is 0. The van der Waals surface area contributed by atoms with Gasteiger partial charge >= 0.3 is 0 Å². The minimum Gasteiger partial charge on any atom is -0.369 e. The maximum Gasteiger partial charge on any atom is 0.200 e. The van der Waals surface area contributed by atoms with Crippen LogP contribution in [-0.4, -0.2) is 23.4 Å². The molecule has 0 bridgehead atoms. The number of nitrogens with two attached hydrogens (primary N) is 1. The standard InChI is InChI=1S/C14H20Cl2N4S/c1-3-5-8-21-14(18-4-2)20-13(17)19-10-6-7-11(15)12(16)9-10/h6-7,9H,3-5,8H2,1-2H3,(H3,17,18,19,20). The highest BCUT2D eigenvalue weighted by Crippen LogP contribution is 2.24. The van der Waals surface area contributed by atoms with Gasteiger partial charge in [0.25, 0.3) is 0 Å². The molecule has 0 aliphatic rings. The van der Waals surface area contributed by atoms with E-state index in [0.29, 0.717) is 21.8 Å². The normalized spacial score (nSPS) is 12.6. The molecule has 4 nitrogen and oxygen atoms in total. The molecule has 1 rings (SSSR count). The van der Waals surface area contributed by atoms with Crippen molar-refractivity contribution in [1.82, 2.24) is 0 Å². The van der Waals surface area contributed by atoms with E-state index in [4.69, 9.17) is 28.9 Å². The number of nitrogens with zero attached hydrogens (tertiary/aromatic N) is 2. The first kappa shape index (κ1) is 18.1. The van der Waals surface area contributed by atoms with E-state index >= 15 is 0 Å². The third kappa shape index (κ3) is 7.07. The van der Waals surface area contributed by atoms with Crippen molar-refractivity contribution in [2.45, 2.75) is 26.7 Å². The number of hydrogen-bond donors (Lipinski definition) is 2. The molecule has 116 valence electrons. The Kier molecular flexibility index (Phi) is 8.57. The van der Waals surface area contributed by atoms with E-state index in [1.807, 2.05) is 6.92 Å². The molecule has 0 aliphatic carbocycles. The van der Waals surface area contributed by atoms with Gasteiger partial charge in [0.2, 0.25) is 0 Å². The fourth-order valence-electron chi connectivity index (χ4n) is 1.41. The van der Waals surface area contributed by atoms with Crippen LogP contribution in [-0.2, 0) is 0 Å². The van der Waals surface area contributed by atoms with Gasteiger partial charge < -0.3 is 11.1 Å². The number of aliphatic imine (C=N–C) groups is 2. The lowest BCUT2D eigenvalue weighted by Gasteiger charge is -2.07. The summed E-state index contributed by atoms with van der Waals surface area (Å²) in [5.74, 6) is 1.27. The third-order valence-corrected chi connectivity index (χ3v) is 4.14. The van der Waals surface area contributed by atoms with E-state index in [0.717, 1.165) is 24.3 Å². The first-order valence-corrected chi connectivity index (χ1v) is 8.54. The number of benzene rings is 1. The van der Waals surface area contributed by atoms with Gasteiger partial charge in [0.1, 0.15) is 0 Å². The van der Waals surface area contributed by atoms with Crippen molar-refractivity contribution in [3.05, 3.63) is 28.2 Å². The molecule has 0 atom stereocenters. The molecule has 0 radical (unpaired) electrons. The summed E-state index contributed by atoms with van der Waals surface area (Å²) in [6, 6.07) is 5.20. The van der Waals surface area contributed by atoms with Gasteiger partial charge in [0.05, 0.1) is 10.0 Å². The van der Waals surface area contributed by atoms with Gasteiger partial charge in [-0.2, -0.15) is 4.99 Å². The lowest BCUT2D eigenvalue weighted by molar-refractivity contribution is 0.898. The molecule has 1 aromatic rings. The number of guanidine groups is 1. The molecule has 0 saturated heterocycles. The van der Waals surface area contributed by atoms with E-state index in [-0.39, 0.29) is 5.96 Å². The van der Waals surface area contributed by atoms with Crippen molar-refractivity contribution in [2.75, 3.05) is 17.6 Å². The topological polar surface area (TPSA) is 62.8 Å². The molecule has 0 aliphatic heterocycles. The molecular formula is C14H20Cl2N4S. The average Bonchev–Trinajstić information content (AvgIpc) is 2.43. The molecular weight excluding hydrogens is 327 g/mol. The van der Waals surface area contributed by atoms with Gasteiger partial charge in [0.15, 0.2) is 11.1 Å². The Hall–Kier alpha value is -0.910. The zero-order valence-corrected chi connectivity index (χ0v) is 14.5. The van der Waals surface area contributed by atoms with Crippen LogP contribution in [0.1, 0.15) is 26.7 Å². The number of thioether (sulfide) groups is 1. The van der Waals surface area contributed by atoms with Crippen LogP contribution < -0.4 is 11.1 Å². The Morgan fingerprint density at radius 3 is 2.67 bits per heavy atom. The predicted molar refractivity (Wildman–Crippen MR) is 97.0 cm³/mol. The minimum absolute atomic E-state index is 0.282. The fraction of sp³-hybridized carbons (Fsp3) is 0.429. The first-order valence-electron chi connectivity index (χ1n) is 6.80. The van der Waals surface area contributed by atoms with Crippen LogP contribution in [0.5, 0.6) is 0 Å². The van der Waals surface area contributed by atoms with Crippen molar-refractivity contribution < 1.29 is 0 Å². The number of halogens is 2. The predicted octanol–water partition coefficient (Wildman–Crippen LogP) is 4.63. The number of amidine groups is 1. The molecule has 7 heteroatoms. The highest BCUT2D eigenvalue weighted by molar-refractivity contribution is 8.13. The summed E-state index contributed by atoms with van der Waals surface area (Å²) in [6.07, 6.45) is 2.27. The molecule has 0 unspecified atom stereocenters. The minimum atomic E-state index is 0.282. The van der Waals surface area contributed by atoms with Crippen molar-refractivity contribution in [3.63, 3.8) is 0 Å². The van der Waals surface area contributed by atoms with E-state index in [2.05, 4.69) is 22.2 Å². The Balaban J connectivity index is 2.71. The van der Waals surface area contributed by atoms with Crippen molar-refractivity contribution in [3.8, 4) is 0 Å². The van der Waals surface area contributed by atoms with Crippen molar-refractivity contribution >= 4 is 51.8 Å². The number of nitrogens with one attached hydrogen (secondary N) is 1. The maximum absolute atomic E-state index is 5.96. The van der Waals surface area contributed by atoms with Crippen LogP contribution in [0, 0.1) is 0 Å². The summed E-state index contributed by atoms with van der Waals surface area (Å²) in [4.78, 5) is 8.64. The number of rotatable bonds is 5. The summed E-state index contributed by atoms with van der Waals surface area (Å²) < 4.78 is 0. The molecule has 3 N–H and O–H groups in total. The van der Waals surface area contributed by atoms with Gasteiger partial charge in [0, 0.05) is 18.0 Å². The second kappa shape index (κ2) is 9.92. The van der Waals surface area contributed by atoms with Crippen LogP contribution in [0.15, 0.2) is 28.2 Å². The zero-order valence-electron chi connectivity index (χ0n) is 12.2. The molecule has 0 spiro atoms. The quantitative estimate of drug-likeness (QED) is 0.464. The highest BCUT2D eigenvalue weighted by Gasteiger charge is 2.03. The Morgan fingerprint density at radius 2 is 2.05 bits per heavy atom. The average molecular weight is 347 g/mol. The molecule has 0 heterocycles. The van der Waals surface area contributed by atoms with Crippen LogP contribution in [0.2, 0.25) is 10.0 Å². The monoisotopic (exact) mass is 346 g/mol. The second-order valence-electron chi connectivity index (χ2n) is 4.21. The van der Waals surface area contributed by atoms with Crippen molar-refractivity contribution in [2.24, 2.45) is 15.7 Å². The largest absolute Gasteiger partial charge is 0.369 e. The van der Waals surface area contributed by atoms with Crippen molar-refractivity contribution in [1.29, 1.82) is 0 Å². The van der Waals surface area contributed by atoms with Crippen LogP contribution >= 0.6 is 35.0 Å². The van der Waals surface area contributed by atoms with E-state index in [9.17, 15) is 0 Å². The molecule has 1 aromatic carbocycles. The number of unbranched alkanes of at least 4 members (excludes halogenated alkanes) is 1. The smallest absolute Gasteiger partial charge is 0.200 e. The second-order valence-corrected chi connectivity index (χ2v) is 6.09.